The van der Waals surface area contributed by atoms with E-state index in [9.17, 15) is 4.79 Å². The van der Waals surface area contributed by atoms with Gasteiger partial charge in [0.15, 0.2) is 0 Å². The molecule has 6 nitrogen and oxygen atoms in total. The summed E-state index contributed by atoms with van der Waals surface area (Å²) in [5.41, 5.74) is 4.08. The van der Waals surface area contributed by atoms with Crippen LogP contribution < -0.4 is 5.32 Å². The predicted octanol–water partition coefficient (Wildman–Crippen LogP) is 2.39. The number of rotatable bonds is 3. The Kier molecular flexibility index (Phi) is 4.34. The van der Waals surface area contributed by atoms with Gasteiger partial charge in [-0.1, -0.05) is 0 Å². The van der Waals surface area contributed by atoms with Crippen LogP contribution in [0.15, 0.2) is 24.7 Å². The monoisotopic (exact) mass is 337 g/mol. The van der Waals surface area contributed by atoms with E-state index in [4.69, 9.17) is 0 Å². The quantitative estimate of drug-likeness (QED) is 0.931. The first-order valence-electron chi connectivity index (χ1n) is 9.02. The second-order valence-corrected chi connectivity index (χ2v) is 6.90. The number of nitrogens with zero attached hydrogens (tertiary/aromatic N) is 4. The molecule has 6 heteroatoms. The van der Waals surface area contributed by atoms with Gasteiger partial charge < -0.3 is 10.2 Å². The molecule has 25 heavy (non-hydrogen) atoms. The Hall–Kier alpha value is -2.50. The number of fused-ring (bicyclic) bond motifs is 1. The van der Waals surface area contributed by atoms with Gasteiger partial charge in [0.25, 0.3) is 5.91 Å². The number of hydrogen-bond donors (Lipinski definition) is 1. The summed E-state index contributed by atoms with van der Waals surface area (Å²) in [4.78, 5) is 27.5. The van der Waals surface area contributed by atoms with Crippen molar-refractivity contribution >= 4 is 11.7 Å². The van der Waals surface area contributed by atoms with Crippen LogP contribution in [0.3, 0.4) is 0 Å². The third-order valence-electron chi connectivity index (χ3n) is 5.16. The van der Waals surface area contributed by atoms with Gasteiger partial charge in [-0.15, -0.1) is 0 Å². The standard InChI is InChI=1S/C19H23N5O/c1-13-5-6-14(11-20-13)19(25)24-9-7-15(8-10-24)23-18-16-3-2-4-17(16)21-12-22-18/h5-6,11-12,15H,2-4,7-10H2,1H3,(H,21,22,23). The van der Waals surface area contributed by atoms with Gasteiger partial charge in [0.2, 0.25) is 0 Å². The summed E-state index contributed by atoms with van der Waals surface area (Å²) in [5.74, 6) is 1.07. The van der Waals surface area contributed by atoms with Gasteiger partial charge in [-0.25, -0.2) is 9.97 Å². The third kappa shape index (κ3) is 3.34. The normalized spacial score (nSPS) is 17.4. The lowest BCUT2D eigenvalue weighted by Gasteiger charge is -2.33. The van der Waals surface area contributed by atoms with Crippen molar-refractivity contribution < 1.29 is 4.79 Å². The summed E-state index contributed by atoms with van der Waals surface area (Å²) in [7, 11) is 0. The molecule has 1 amide bonds. The molecule has 4 rings (SSSR count). The number of carbonyl (C=O) groups is 1. The topological polar surface area (TPSA) is 71.0 Å². The number of aryl methyl sites for hydroxylation is 2. The van der Waals surface area contributed by atoms with E-state index in [0.29, 0.717) is 11.6 Å². The van der Waals surface area contributed by atoms with Crippen LogP contribution in [0.1, 0.15) is 46.6 Å². The minimum absolute atomic E-state index is 0.0777. The average Bonchev–Trinajstić information content (AvgIpc) is 3.12. The Morgan fingerprint density at radius 1 is 1.16 bits per heavy atom. The summed E-state index contributed by atoms with van der Waals surface area (Å²) >= 11 is 0. The van der Waals surface area contributed by atoms with E-state index in [0.717, 1.165) is 50.3 Å². The van der Waals surface area contributed by atoms with Crippen molar-refractivity contribution in [2.24, 2.45) is 0 Å². The first kappa shape index (κ1) is 16.0. The highest BCUT2D eigenvalue weighted by molar-refractivity contribution is 5.94. The van der Waals surface area contributed by atoms with Crippen LogP contribution in [0.2, 0.25) is 0 Å². The number of amides is 1. The number of aromatic nitrogens is 3. The highest BCUT2D eigenvalue weighted by atomic mass is 16.2. The lowest BCUT2D eigenvalue weighted by Crippen LogP contribution is -2.42. The smallest absolute Gasteiger partial charge is 0.255 e. The fourth-order valence-electron chi connectivity index (χ4n) is 3.68. The van der Waals surface area contributed by atoms with Crippen molar-refractivity contribution in [3.8, 4) is 0 Å². The minimum atomic E-state index is 0.0777. The molecule has 0 aromatic carbocycles. The summed E-state index contributed by atoms with van der Waals surface area (Å²) in [5, 5.41) is 3.59. The van der Waals surface area contributed by atoms with Crippen molar-refractivity contribution in [1.82, 2.24) is 19.9 Å². The summed E-state index contributed by atoms with van der Waals surface area (Å²) < 4.78 is 0. The highest BCUT2D eigenvalue weighted by Crippen LogP contribution is 2.27. The van der Waals surface area contributed by atoms with Crippen molar-refractivity contribution in [3.05, 3.63) is 47.2 Å². The van der Waals surface area contributed by atoms with Crippen molar-refractivity contribution in [3.63, 3.8) is 0 Å². The van der Waals surface area contributed by atoms with Gasteiger partial charge >= 0.3 is 0 Å². The number of anilines is 1. The van der Waals surface area contributed by atoms with Gasteiger partial charge in [0.05, 0.1) is 5.56 Å². The van der Waals surface area contributed by atoms with Crippen LogP contribution >= 0.6 is 0 Å². The molecule has 2 aliphatic rings. The summed E-state index contributed by atoms with van der Waals surface area (Å²) in [6, 6.07) is 4.11. The SMILES string of the molecule is Cc1ccc(C(=O)N2CCC(Nc3ncnc4c3CCC4)CC2)cn1. The van der Waals surface area contributed by atoms with Gasteiger partial charge in [0, 0.05) is 42.3 Å². The van der Waals surface area contributed by atoms with E-state index < -0.39 is 0 Å². The molecule has 0 atom stereocenters. The molecule has 0 radical (unpaired) electrons. The predicted molar refractivity (Wildman–Crippen MR) is 95.6 cm³/mol. The molecule has 3 heterocycles. The molecule has 1 fully saturated rings. The van der Waals surface area contributed by atoms with Crippen LogP contribution in [0.4, 0.5) is 5.82 Å². The first-order valence-corrected chi connectivity index (χ1v) is 9.02. The molecule has 1 aliphatic heterocycles. The number of pyridine rings is 1. The van der Waals surface area contributed by atoms with Crippen LogP contribution in [-0.2, 0) is 12.8 Å². The number of hydrogen-bond acceptors (Lipinski definition) is 5. The van der Waals surface area contributed by atoms with Crippen LogP contribution in [-0.4, -0.2) is 44.9 Å². The molecule has 0 unspecified atom stereocenters. The van der Waals surface area contributed by atoms with Crippen LogP contribution in [0.25, 0.3) is 0 Å². The maximum Gasteiger partial charge on any atom is 0.255 e. The fraction of sp³-hybridized carbons (Fsp3) is 0.474. The van der Waals surface area contributed by atoms with E-state index in [-0.39, 0.29) is 5.91 Å². The van der Waals surface area contributed by atoms with Crippen LogP contribution in [0, 0.1) is 6.92 Å². The molecule has 0 spiro atoms. The van der Waals surface area contributed by atoms with Crippen molar-refractivity contribution in [2.75, 3.05) is 18.4 Å². The largest absolute Gasteiger partial charge is 0.367 e. The van der Waals surface area contributed by atoms with E-state index in [1.54, 1.807) is 12.5 Å². The van der Waals surface area contributed by atoms with E-state index in [2.05, 4.69) is 20.3 Å². The minimum Gasteiger partial charge on any atom is -0.367 e. The molecule has 0 saturated carbocycles. The summed E-state index contributed by atoms with van der Waals surface area (Å²) in [6.07, 6.45) is 8.50. The Bertz CT molecular complexity index is 766. The first-order chi connectivity index (χ1) is 12.2. The van der Waals surface area contributed by atoms with Crippen molar-refractivity contribution in [2.45, 2.75) is 45.1 Å². The average molecular weight is 337 g/mol. The third-order valence-corrected chi connectivity index (χ3v) is 5.16. The number of piperidine rings is 1. The van der Waals surface area contributed by atoms with E-state index in [1.807, 2.05) is 24.0 Å². The Morgan fingerprint density at radius 3 is 2.76 bits per heavy atom. The van der Waals surface area contributed by atoms with Gasteiger partial charge in [0.1, 0.15) is 12.1 Å². The van der Waals surface area contributed by atoms with Gasteiger partial charge in [-0.2, -0.15) is 0 Å². The second kappa shape index (κ2) is 6.78. The van der Waals surface area contributed by atoms with Gasteiger partial charge in [-0.05, 0) is 51.2 Å². The maximum absolute atomic E-state index is 12.6. The molecule has 2 aromatic rings. The zero-order valence-electron chi connectivity index (χ0n) is 14.5. The van der Waals surface area contributed by atoms with Gasteiger partial charge in [-0.3, -0.25) is 9.78 Å². The number of likely N-dealkylation sites (tertiary alicyclic amines) is 1. The zero-order valence-corrected chi connectivity index (χ0v) is 14.5. The molecule has 2 aromatic heterocycles. The fourth-order valence-corrected chi connectivity index (χ4v) is 3.68. The molecule has 130 valence electrons. The molecule has 0 bridgehead atoms. The lowest BCUT2D eigenvalue weighted by molar-refractivity contribution is 0.0718. The molecular formula is C19H23N5O. The molecule has 1 N–H and O–H groups in total. The Labute approximate surface area is 147 Å². The van der Waals surface area contributed by atoms with Crippen molar-refractivity contribution in [1.29, 1.82) is 0 Å². The molecular weight excluding hydrogens is 314 g/mol. The Balaban J connectivity index is 1.36. The number of nitrogens with one attached hydrogen (secondary N) is 1. The molecule has 1 saturated heterocycles. The van der Waals surface area contributed by atoms with E-state index >= 15 is 0 Å². The lowest BCUT2D eigenvalue weighted by atomic mass is 10.0. The number of carbonyl (C=O) groups excluding carboxylic acids is 1. The highest BCUT2D eigenvalue weighted by Gasteiger charge is 2.25. The maximum atomic E-state index is 12.6. The molecule has 1 aliphatic carbocycles. The zero-order chi connectivity index (χ0) is 17.2. The Morgan fingerprint density at radius 2 is 2.00 bits per heavy atom. The van der Waals surface area contributed by atoms with Crippen LogP contribution in [0.5, 0.6) is 0 Å². The van der Waals surface area contributed by atoms with E-state index in [1.165, 1.54) is 17.7 Å². The summed E-state index contributed by atoms with van der Waals surface area (Å²) in [6.45, 7) is 3.45. The second-order valence-electron chi connectivity index (χ2n) is 6.90.